The van der Waals surface area contributed by atoms with Crippen molar-refractivity contribution in [2.45, 2.75) is 19.5 Å². The van der Waals surface area contributed by atoms with Gasteiger partial charge >= 0.3 is 0 Å². The maximum atomic E-state index is 12.8. The number of ether oxygens (including phenoxy) is 1. The standard InChI is InChI=1S/C19H19N3O2/c1-12-6-7-16(24-2)17-14(12)11-13-8-10-22(18(13)21-17)19(23)15-5-3-4-9-20-15/h3-7,9,11,18,21H,8,10H2,1-2H3. The molecule has 4 rings (SSSR count). The summed E-state index contributed by atoms with van der Waals surface area (Å²) in [7, 11) is 1.66. The van der Waals surface area contributed by atoms with Crippen molar-refractivity contribution in [2.75, 3.05) is 19.0 Å². The molecular formula is C19H19N3O2. The Labute approximate surface area is 141 Å². The smallest absolute Gasteiger partial charge is 0.274 e. The molecule has 2 aliphatic heterocycles. The molecule has 1 aromatic heterocycles. The maximum absolute atomic E-state index is 12.8. The highest BCUT2D eigenvalue weighted by molar-refractivity contribution is 5.94. The fourth-order valence-corrected chi connectivity index (χ4v) is 3.42. The van der Waals surface area contributed by atoms with Crippen LogP contribution in [0.2, 0.25) is 0 Å². The van der Waals surface area contributed by atoms with Gasteiger partial charge in [0.25, 0.3) is 5.91 Å². The number of nitrogens with one attached hydrogen (secondary N) is 1. The number of aromatic nitrogens is 1. The van der Waals surface area contributed by atoms with Crippen molar-refractivity contribution in [1.29, 1.82) is 0 Å². The van der Waals surface area contributed by atoms with Crippen molar-refractivity contribution in [3.63, 3.8) is 0 Å². The van der Waals surface area contributed by atoms with E-state index in [4.69, 9.17) is 4.74 Å². The summed E-state index contributed by atoms with van der Waals surface area (Å²) in [6, 6.07) is 9.42. The van der Waals surface area contributed by atoms with Crippen molar-refractivity contribution < 1.29 is 9.53 Å². The second kappa shape index (κ2) is 5.67. The molecule has 1 saturated heterocycles. The first-order chi connectivity index (χ1) is 11.7. The number of rotatable bonds is 2. The largest absolute Gasteiger partial charge is 0.495 e. The summed E-state index contributed by atoms with van der Waals surface area (Å²) < 4.78 is 5.49. The number of methoxy groups -OCH3 is 1. The topological polar surface area (TPSA) is 54.5 Å². The summed E-state index contributed by atoms with van der Waals surface area (Å²) >= 11 is 0. The van der Waals surface area contributed by atoms with Gasteiger partial charge in [0.05, 0.1) is 12.8 Å². The number of benzene rings is 1. The maximum Gasteiger partial charge on any atom is 0.274 e. The molecular weight excluding hydrogens is 302 g/mol. The van der Waals surface area contributed by atoms with Crippen molar-refractivity contribution in [3.8, 4) is 5.75 Å². The summed E-state index contributed by atoms with van der Waals surface area (Å²) in [5, 5.41) is 3.50. The Morgan fingerprint density at radius 1 is 1.33 bits per heavy atom. The van der Waals surface area contributed by atoms with E-state index in [1.165, 1.54) is 11.1 Å². The Balaban J connectivity index is 1.70. The number of pyridine rings is 1. The van der Waals surface area contributed by atoms with Crippen LogP contribution in [-0.2, 0) is 0 Å². The van der Waals surface area contributed by atoms with E-state index in [-0.39, 0.29) is 12.1 Å². The van der Waals surface area contributed by atoms with E-state index >= 15 is 0 Å². The monoisotopic (exact) mass is 321 g/mol. The van der Waals surface area contributed by atoms with Crippen LogP contribution in [0.25, 0.3) is 6.08 Å². The van der Waals surface area contributed by atoms with Gasteiger partial charge in [-0.25, -0.2) is 0 Å². The van der Waals surface area contributed by atoms with Crippen molar-refractivity contribution in [1.82, 2.24) is 9.88 Å². The van der Waals surface area contributed by atoms with Crippen LogP contribution in [-0.4, -0.2) is 35.6 Å². The van der Waals surface area contributed by atoms with Crippen LogP contribution in [0.5, 0.6) is 5.75 Å². The summed E-state index contributed by atoms with van der Waals surface area (Å²) in [4.78, 5) is 18.8. The second-order valence-electron chi connectivity index (χ2n) is 6.10. The van der Waals surface area contributed by atoms with Crippen LogP contribution in [0.3, 0.4) is 0 Å². The Bertz CT molecular complexity index is 830. The van der Waals surface area contributed by atoms with E-state index in [9.17, 15) is 4.79 Å². The summed E-state index contributed by atoms with van der Waals surface area (Å²) in [6.07, 6.45) is 4.57. The lowest BCUT2D eigenvalue weighted by molar-refractivity contribution is 0.0754. The number of fused-ring (bicyclic) bond motifs is 2. The minimum absolute atomic E-state index is 0.0495. The van der Waals surface area contributed by atoms with Gasteiger partial charge in [-0.05, 0) is 48.8 Å². The third-order valence-electron chi connectivity index (χ3n) is 4.71. The fourth-order valence-electron chi connectivity index (χ4n) is 3.42. The highest BCUT2D eigenvalue weighted by atomic mass is 16.5. The van der Waals surface area contributed by atoms with Crippen LogP contribution in [0.15, 0.2) is 42.1 Å². The Morgan fingerprint density at radius 2 is 2.21 bits per heavy atom. The van der Waals surface area contributed by atoms with Crippen LogP contribution in [0.4, 0.5) is 5.69 Å². The van der Waals surface area contributed by atoms with Gasteiger partial charge in [-0.2, -0.15) is 0 Å². The molecule has 2 aliphatic rings. The van der Waals surface area contributed by atoms with E-state index in [1.54, 1.807) is 19.4 Å². The molecule has 1 amide bonds. The number of aryl methyl sites for hydroxylation is 1. The summed E-state index contributed by atoms with van der Waals surface area (Å²) in [5.74, 6) is 0.745. The molecule has 1 N–H and O–H groups in total. The summed E-state index contributed by atoms with van der Waals surface area (Å²) in [5.41, 5.74) is 4.99. The molecule has 2 aromatic rings. The van der Waals surface area contributed by atoms with E-state index in [0.29, 0.717) is 12.2 Å². The number of hydrogen-bond donors (Lipinski definition) is 1. The average molecular weight is 321 g/mol. The molecule has 1 unspecified atom stereocenters. The number of hydrogen-bond acceptors (Lipinski definition) is 4. The van der Waals surface area contributed by atoms with E-state index < -0.39 is 0 Å². The van der Waals surface area contributed by atoms with Gasteiger partial charge in [0.15, 0.2) is 0 Å². The number of amides is 1. The first-order valence-corrected chi connectivity index (χ1v) is 8.05. The van der Waals surface area contributed by atoms with E-state index in [2.05, 4.69) is 29.4 Å². The van der Waals surface area contributed by atoms with Crippen molar-refractivity contribution in [3.05, 3.63) is 58.9 Å². The highest BCUT2D eigenvalue weighted by Crippen LogP contribution is 2.41. The number of carbonyl (C=O) groups excluding carboxylic acids is 1. The Morgan fingerprint density at radius 3 is 2.96 bits per heavy atom. The number of nitrogens with zero attached hydrogens (tertiary/aromatic N) is 2. The van der Waals surface area contributed by atoms with E-state index in [0.717, 1.165) is 23.4 Å². The molecule has 1 fully saturated rings. The molecule has 0 bridgehead atoms. The third-order valence-corrected chi connectivity index (χ3v) is 4.71. The molecule has 0 spiro atoms. The van der Waals surface area contributed by atoms with Gasteiger partial charge in [0, 0.05) is 18.3 Å². The minimum Gasteiger partial charge on any atom is -0.495 e. The average Bonchev–Trinajstić information content (AvgIpc) is 3.04. The zero-order valence-corrected chi connectivity index (χ0v) is 13.7. The van der Waals surface area contributed by atoms with Crippen LogP contribution < -0.4 is 10.1 Å². The molecule has 0 aliphatic carbocycles. The molecule has 1 atom stereocenters. The lowest BCUT2D eigenvalue weighted by Crippen LogP contribution is -2.42. The number of carbonyl (C=O) groups is 1. The lowest BCUT2D eigenvalue weighted by Gasteiger charge is -2.31. The molecule has 3 heterocycles. The van der Waals surface area contributed by atoms with Crippen molar-refractivity contribution in [2.24, 2.45) is 0 Å². The first-order valence-electron chi connectivity index (χ1n) is 8.05. The van der Waals surface area contributed by atoms with Crippen LogP contribution in [0, 0.1) is 6.92 Å². The molecule has 24 heavy (non-hydrogen) atoms. The van der Waals surface area contributed by atoms with Gasteiger partial charge in [0.2, 0.25) is 0 Å². The number of likely N-dealkylation sites (tertiary alicyclic amines) is 1. The second-order valence-corrected chi connectivity index (χ2v) is 6.10. The highest BCUT2D eigenvalue weighted by Gasteiger charge is 2.37. The van der Waals surface area contributed by atoms with Gasteiger partial charge in [-0.15, -0.1) is 0 Å². The normalized spacial score (nSPS) is 18.3. The first kappa shape index (κ1) is 14.8. The third kappa shape index (κ3) is 2.24. The van der Waals surface area contributed by atoms with Crippen molar-refractivity contribution >= 4 is 17.7 Å². The van der Waals surface area contributed by atoms with Gasteiger partial charge < -0.3 is 15.0 Å². The van der Waals surface area contributed by atoms with Gasteiger partial charge in [0.1, 0.15) is 17.6 Å². The fraction of sp³-hybridized carbons (Fsp3) is 0.263. The lowest BCUT2D eigenvalue weighted by atomic mass is 9.97. The molecule has 5 heteroatoms. The quantitative estimate of drug-likeness (QED) is 0.923. The number of anilines is 1. The van der Waals surface area contributed by atoms with Crippen LogP contribution in [0.1, 0.15) is 28.0 Å². The molecule has 1 aromatic carbocycles. The van der Waals surface area contributed by atoms with Gasteiger partial charge in [-0.3, -0.25) is 9.78 Å². The predicted octanol–water partition coefficient (Wildman–Crippen LogP) is 3.08. The molecule has 0 saturated carbocycles. The van der Waals surface area contributed by atoms with Gasteiger partial charge in [-0.1, -0.05) is 12.1 Å². The zero-order chi connectivity index (χ0) is 16.7. The van der Waals surface area contributed by atoms with Crippen LogP contribution >= 0.6 is 0 Å². The summed E-state index contributed by atoms with van der Waals surface area (Å²) in [6.45, 7) is 2.78. The Hall–Kier alpha value is -2.82. The minimum atomic E-state index is -0.136. The predicted molar refractivity (Wildman–Crippen MR) is 93.0 cm³/mol. The Kier molecular flexibility index (Phi) is 3.49. The SMILES string of the molecule is COc1ccc(C)c2c1NC1C(=C2)CCN1C(=O)c1ccccn1. The van der Waals surface area contributed by atoms with E-state index in [1.807, 2.05) is 23.1 Å². The molecule has 0 radical (unpaired) electrons. The zero-order valence-electron chi connectivity index (χ0n) is 13.7. The molecule has 122 valence electrons. The molecule has 5 nitrogen and oxygen atoms in total.